The maximum atomic E-state index is 12.6. The molecule has 6 heteroatoms. The quantitative estimate of drug-likeness (QED) is 0.793. The normalized spacial score (nSPS) is 20.0. The number of nitrogens with one attached hydrogen (secondary N) is 1. The maximum Gasteiger partial charge on any atom is 0.250 e. The van der Waals surface area contributed by atoms with Gasteiger partial charge in [-0.05, 0) is 13.3 Å². The molecule has 17 heavy (non-hydrogen) atoms. The summed E-state index contributed by atoms with van der Waals surface area (Å²) in [7, 11) is 0. The van der Waals surface area contributed by atoms with Crippen LogP contribution in [0, 0.1) is 0 Å². The number of carbonyl (C=O) groups excluding carboxylic acids is 1. The van der Waals surface area contributed by atoms with Crippen LogP contribution in [0.4, 0.5) is 0 Å². The van der Waals surface area contributed by atoms with E-state index in [1.165, 1.54) is 6.33 Å². The molecule has 0 saturated carbocycles. The minimum Gasteiger partial charge on any atom is -0.338 e. The highest BCUT2D eigenvalue weighted by Crippen LogP contribution is 2.22. The van der Waals surface area contributed by atoms with Crippen LogP contribution < -0.4 is 5.32 Å². The SMILES string of the molecule is CCC(C)(C(=O)N1CCNCC1)n1cncn1. The van der Waals surface area contributed by atoms with E-state index in [0.717, 1.165) is 26.2 Å². The summed E-state index contributed by atoms with van der Waals surface area (Å²) >= 11 is 0. The summed E-state index contributed by atoms with van der Waals surface area (Å²) in [4.78, 5) is 18.4. The largest absolute Gasteiger partial charge is 0.338 e. The van der Waals surface area contributed by atoms with Crippen LogP contribution in [-0.4, -0.2) is 51.8 Å². The lowest BCUT2D eigenvalue weighted by Gasteiger charge is -2.36. The Morgan fingerprint density at radius 2 is 2.18 bits per heavy atom. The summed E-state index contributed by atoms with van der Waals surface area (Å²) < 4.78 is 1.66. The van der Waals surface area contributed by atoms with Crippen LogP contribution in [0.25, 0.3) is 0 Å². The van der Waals surface area contributed by atoms with Crippen molar-refractivity contribution in [3.8, 4) is 0 Å². The third kappa shape index (κ3) is 2.17. The van der Waals surface area contributed by atoms with Crippen molar-refractivity contribution in [2.24, 2.45) is 0 Å². The Bertz CT molecular complexity index is 371. The van der Waals surface area contributed by atoms with Gasteiger partial charge in [-0.15, -0.1) is 0 Å². The van der Waals surface area contributed by atoms with E-state index < -0.39 is 5.54 Å². The number of hydrogen-bond acceptors (Lipinski definition) is 4. The molecule has 0 bridgehead atoms. The second-order valence-corrected chi connectivity index (χ2v) is 4.51. The molecule has 2 rings (SSSR count). The van der Waals surface area contributed by atoms with E-state index in [9.17, 15) is 4.79 Å². The van der Waals surface area contributed by atoms with Gasteiger partial charge in [-0.3, -0.25) is 4.79 Å². The number of carbonyl (C=O) groups is 1. The fourth-order valence-corrected chi connectivity index (χ4v) is 2.08. The number of amides is 1. The molecule has 1 aromatic rings. The van der Waals surface area contributed by atoms with Gasteiger partial charge in [-0.25, -0.2) is 9.67 Å². The molecule has 1 fully saturated rings. The fourth-order valence-electron chi connectivity index (χ4n) is 2.08. The number of aromatic nitrogens is 3. The Kier molecular flexibility index (Phi) is 3.42. The second-order valence-electron chi connectivity index (χ2n) is 4.51. The Morgan fingerprint density at radius 1 is 1.47 bits per heavy atom. The van der Waals surface area contributed by atoms with Crippen LogP contribution in [-0.2, 0) is 10.3 Å². The van der Waals surface area contributed by atoms with Crippen molar-refractivity contribution in [3.63, 3.8) is 0 Å². The van der Waals surface area contributed by atoms with Crippen LogP contribution in [0.5, 0.6) is 0 Å². The molecule has 6 nitrogen and oxygen atoms in total. The van der Waals surface area contributed by atoms with Gasteiger partial charge in [0.1, 0.15) is 18.2 Å². The van der Waals surface area contributed by atoms with Gasteiger partial charge >= 0.3 is 0 Å². The summed E-state index contributed by atoms with van der Waals surface area (Å²) in [5, 5.41) is 7.36. The molecule has 1 amide bonds. The molecule has 1 aliphatic rings. The molecule has 1 N–H and O–H groups in total. The highest BCUT2D eigenvalue weighted by atomic mass is 16.2. The van der Waals surface area contributed by atoms with Crippen LogP contribution in [0.2, 0.25) is 0 Å². The minimum absolute atomic E-state index is 0.131. The molecule has 1 saturated heterocycles. The lowest BCUT2D eigenvalue weighted by Crippen LogP contribution is -2.54. The highest BCUT2D eigenvalue weighted by molar-refractivity contribution is 5.84. The summed E-state index contributed by atoms with van der Waals surface area (Å²) in [6.07, 6.45) is 3.79. The van der Waals surface area contributed by atoms with Crippen molar-refractivity contribution in [2.75, 3.05) is 26.2 Å². The first kappa shape index (κ1) is 12.0. The van der Waals surface area contributed by atoms with E-state index in [1.54, 1.807) is 11.0 Å². The van der Waals surface area contributed by atoms with E-state index in [0.29, 0.717) is 6.42 Å². The van der Waals surface area contributed by atoms with Crippen molar-refractivity contribution in [1.82, 2.24) is 25.0 Å². The zero-order valence-corrected chi connectivity index (χ0v) is 10.4. The predicted molar refractivity (Wildman–Crippen MR) is 63.4 cm³/mol. The highest BCUT2D eigenvalue weighted by Gasteiger charge is 2.37. The molecule has 1 aliphatic heterocycles. The molecule has 2 heterocycles. The summed E-state index contributed by atoms with van der Waals surface area (Å²) in [5.74, 6) is 0.131. The first-order valence-electron chi connectivity index (χ1n) is 6.03. The average Bonchev–Trinajstić information content (AvgIpc) is 2.92. The van der Waals surface area contributed by atoms with Gasteiger partial charge in [0.15, 0.2) is 0 Å². The molecule has 0 aromatic carbocycles. The standard InChI is InChI=1S/C11H19N5O/c1-3-11(2,16-9-13-8-14-16)10(17)15-6-4-12-5-7-15/h8-9,12H,3-7H2,1-2H3. The fraction of sp³-hybridized carbons (Fsp3) is 0.727. The Morgan fingerprint density at radius 3 is 2.71 bits per heavy atom. The first-order valence-corrected chi connectivity index (χ1v) is 6.03. The molecule has 94 valence electrons. The topological polar surface area (TPSA) is 63.1 Å². The van der Waals surface area contributed by atoms with Gasteiger partial charge < -0.3 is 10.2 Å². The Hall–Kier alpha value is -1.43. The van der Waals surface area contributed by atoms with Crippen molar-refractivity contribution >= 4 is 5.91 Å². The van der Waals surface area contributed by atoms with E-state index in [2.05, 4.69) is 15.4 Å². The lowest BCUT2D eigenvalue weighted by molar-refractivity contribution is -0.141. The first-order chi connectivity index (χ1) is 8.18. The molecular weight excluding hydrogens is 218 g/mol. The third-order valence-corrected chi connectivity index (χ3v) is 3.48. The van der Waals surface area contributed by atoms with Crippen LogP contribution in [0.15, 0.2) is 12.7 Å². The van der Waals surface area contributed by atoms with Gasteiger partial charge in [-0.1, -0.05) is 6.92 Å². The van der Waals surface area contributed by atoms with Gasteiger partial charge in [0.05, 0.1) is 0 Å². The van der Waals surface area contributed by atoms with Crippen LogP contribution in [0.3, 0.4) is 0 Å². The summed E-state index contributed by atoms with van der Waals surface area (Å²) in [6.45, 7) is 7.19. The van der Waals surface area contributed by atoms with Crippen molar-refractivity contribution in [2.45, 2.75) is 25.8 Å². The molecular formula is C11H19N5O. The molecule has 1 aromatic heterocycles. The smallest absolute Gasteiger partial charge is 0.250 e. The number of hydrogen-bond donors (Lipinski definition) is 1. The Labute approximate surface area is 101 Å². The number of rotatable bonds is 3. The maximum absolute atomic E-state index is 12.6. The van der Waals surface area contributed by atoms with Crippen molar-refractivity contribution in [3.05, 3.63) is 12.7 Å². The molecule has 1 atom stereocenters. The van der Waals surface area contributed by atoms with Crippen LogP contribution >= 0.6 is 0 Å². The third-order valence-electron chi connectivity index (χ3n) is 3.48. The number of nitrogens with zero attached hydrogens (tertiary/aromatic N) is 4. The van der Waals surface area contributed by atoms with Gasteiger partial charge in [0.2, 0.25) is 5.91 Å². The van der Waals surface area contributed by atoms with Crippen LogP contribution in [0.1, 0.15) is 20.3 Å². The number of piperazine rings is 1. The van der Waals surface area contributed by atoms with Crippen molar-refractivity contribution in [1.29, 1.82) is 0 Å². The Balaban J connectivity index is 2.19. The minimum atomic E-state index is -0.617. The molecule has 0 spiro atoms. The lowest BCUT2D eigenvalue weighted by atomic mass is 9.97. The second kappa shape index (κ2) is 4.83. The van der Waals surface area contributed by atoms with E-state index in [-0.39, 0.29) is 5.91 Å². The molecule has 0 radical (unpaired) electrons. The zero-order valence-electron chi connectivity index (χ0n) is 10.4. The summed E-state index contributed by atoms with van der Waals surface area (Å²) in [6, 6.07) is 0. The van der Waals surface area contributed by atoms with E-state index >= 15 is 0 Å². The van der Waals surface area contributed by atoms with Gasteiger partial charge in [-0.2, -0.15) is 5.10 Å². The zero-order chi connectivity index (χ0) is 12.3. The monoisotopic (exact) mass is 237 g/mol. The predicted octanol–water partition coefficient (Wildman–Crippen LogP) is -0.165. The average molecular weight is 237 g/mol. The van der Waals surface area contributed by atoms with E-state index in [1.807, 2.05) is 18.7 Å². The van der Waals surface area contributed by atoms with Crippen molar-refractivity contribution < 1.29 is 4.79 Å². The van der Waals surface area contributed by atoms with Gasteiger partial charge in [0, 0.05) is 26.2 Å². The molecule has 0 aliphatic carbocycles. The summed E-state index contributed by atoms with van der Waals surface area (Å²) in [5.41, 5.74) is -0.617. The van der Waals surface area contributed by atoms with Gasteiger partial charge in [0.25, 0.3) is 0 Å². The van der Waals surface area contributed by atoms with E-state index in [4.69, 9.17) is 0 Å². The molecule has 1 unspecified atom stereocenters.